The number of guanidine groups is 1. The van der Waals surface area contributed by atoms with Gasteiger partial charge in [0.25, 0.3) is 0 Å². The van der Waals surface area contributed by atoms with Crippen LogP contribution in [0.5, 0.6) is 5.75 Å². The number of ether oxygens (including phenoxy) is 1. The normalized spacial score (nSPS) is 15.4. The van der Waals surface area contributed by atoms with E-state index in [-0.39, 0.29) is 0 Å². The van der Waals surface area contributed by atoms with E-state index >= 15 is 0 Å². The smallest absolute Gasteiger partial charge is 0.191 e. The molecule has 0 saturated heterocycles. The van der Waals surface area contributed by atoms with Crippen molar-refractivity contribution < 1.29 is 4.74 Å². The van der Waals surface area contributed by atoms with Gasteiger partial charge < -0.3 is 15.4 Å². The van der Waals surface area contributed by atoms with Gasteiger partial charge in [0.1, 0.15) is 12.4 Å². The molecule has 0 saturated carbocycles. The minimum atomic E-state index is 0.454. The molecule has 1 aliphatic rings. The Balaban J connectivity index is 1.66. The van der Waals surface area contributed by atoms with Gasteiger partial charge in [-0.25, -0.2) is 0 Å². The van der Waals surface area contributed by atoms with Crippen molar-refractivity contribution in [3.05, 3.63) is 41.4 Å². The summed E-state index contributed by atoms with van der Waals surface area (Å²) in [6.45, 7) is 1.25. The van der Waals surface area contributed by atoms with Crippen molar-refractivity contribution in [2.45, 2.75) is 18.9 Å². The van der Waals surface area contributed by atoms with Crippen LogP contribution in [0, 0.1) is 0 Å². The molecule has 1 aromatic rings. The number of aliphatic imine (C=N–C) groups is 1. The second-order valence-electron chi connectivity index (χ2n) is 4.59. The van der Waals surface area contributed by atoms with Crippen LogP contribution in [0.15, 0.2) is 41.4 Å². The Morgan fingerprint density at radius 1 is 1.40 bits per heavy atom. The van der Waals surface area contributed by atoms with Crippen molar-refractivity contribution in [2.75, 3.05) is 20.2 Å². The van der Waals surface area contributed by atoms with Crippen LogP contribution in [0.2, 0.25) is 5.02 Å². The summed E-state index contributed by atoms with van der Waals surface area (Å²) in [6, 6.07) is 7.85. The van der Waals surface area contributed by atoms with Gasteiger partial charge in [0.2, 0.25) is 0 Å². The lowest BCUT2D eigenvalue weighted by Gasteiger charge is -2.17. The van der Waals surface area contributed by atoms with Crippen LogP contribution in [0.25, 0.3) is 0 Å². The van der Waals surface area contributed by atoms with Gasteiger partial charge in [0, 0.05) is 18.1 Å². The first-order valence-electron chi connectivity index (χ1n) is 6.78. The molecular formula is C15H20ClN3O. The molecule has 5 heteroatoms. The van der Waals surface area contributed by atoms with E-state index in [0.29, 0.717) is 24.2 Å². The van der Waals surface area contributed by atoms with Crippen LogP contribution in [-0.2, 0) is 0 Å². The minimum Gasteiger partial charge on any atom is -0.492 e. The van der Waals surface area contributed by atoms with Gasteiger partial charge in [-0.1, -0.05) is 29.8 Å². The first kappa shape index (κ1) is 14.7. The fraction of sp³-hybridized carbons (Fsp3) is 0.400. The molecule has 0 unspecified atom stereocenters. The fourth-order valence-electron chi connectivity index (χ4n) is 2.02. The first-order chi connectivity index (χ1) is 9.78. The van der Waals surface area contributed by atoms with Gasteiger partial charge in [-0.05, 0) is 31.0 Å². The summed E-state index contributed by atoms with van der Waals surface area (Å²) in [5.74, 6) is 1.59. The van der Waals surface area contributed by atoms with Crippen LogP contribution >= 0.6 is 11.6 Å². The predicted octanol–water partition coefficient (Wildman–Crippen LogP) is 2.60. The summed E-state index contributed by atoms with van der Waals surface area (Å²) >= 11 is 5.90. The van der Waals surface area contributed by atoms with Crippen LogP contribution in [0.4, 0.5) is 0 Å². The molecule has 0 aromatic heterocycles. The highest BCUT2D eigenvalue weighted by atomic mass is 35.5. The molecular weight excluding hydrogens is 274 g/mol. The summed E-state index contributed by atoms with van der Waals surface area (Å²) in [4.78, 5) is 4.20. The highest BCUT2D eigenvalue weighted by molar-refractivity contribution is 6.30. The van der Waals surface area contributed by atoms with Crippen molar-refractivity contribution in [1.29, 1.82) is 0 Å². The maximum Gasteiger partial charge on any atom is 0.191 e. The SMILES string of the molecule is CN=C(NCCOc1cccc(Cl)c1)NC1CC=CC1. The third kappa shape index (κ3) is 4.78. The second-order valence-corrected chi connectivity index (χ2v) is 5.03. The van der Waals surface area contributed by atoms with E-state index in [1.807, 2.05) is 18.2 Å². The molecule has 2 N–H and O–H groups in total. The summed E-state index contributed by atoms with van der Waals surface area (Å²) in [7, 11) is 1.77. The lowest BCUT2D eigenvalue weighted by molar-refractivity contribution is 0.321. The Bertz CT molecular complexity index is 480. The quantitative estimate of drug-likeness (QED) is 0.380. The number of benzene rings is 1. The molecule has 0 spiro atoms. The average Bonchev–Trinajstić information content (AvgIpc) is 2.95. The zero-order valence-electron chi connectivity index (χ0n) is 11.6. The van der Waals surface area contributed by atoms with Crippen LogP contribution in [0.1, 0.15) is 12.8 Å². The minimum absolute atomic E-state index is 0.454. The molecule has 0 heterocycles. The Labute approximate surface area is 124 Å². The Kier molecular flexibility index (Phi) is 5.74. The van der Waals surface area contributed by atoms with Crippen LogP contribution in [0.3, 0.4) is 0 Å². The average molecular weight is 294 g/mol. The van der Waals surface area contributed by atoms with Gasteiger partial charge in [-0.2, -0.15) is 0 Å². The van der Waals surface area contributed by atoms with Gasteiger partial charge in [-0.15, -0.1) is 0 Å². The topological polar surface area (TPSA) is 45.7 Å². The molecule has 0 fully saturated rings. The highest BCUT2D eigenvalue weighted by Gasteiger charge is 2.11. The van der Waals surface area contributed by atoms with E-state index in [1.165, 1.54) is 0 Å². The number of hydrogen-bond donors (Lipinski definition) is 2. The Morgan fingerprint density at radius 3 is 2.90 bits per heavy atom. The van der Waals surface area contributed by atoms with Crippen LogP contribution in [-0.4, -0.2) is 32.2 Å². The van der Waals surface area contributed by atoms with Crippen molar-refractivity contribution in [1.82, 2.24) is 10.6 Å². The second kappa shape index (κ2) is 7.80. The molecule has 108 valence electrons. The molecule has 1 aromatic carbocycles. The standard InChI is InChI=1S/C15H20ClN3O/c1-17-15(19-13-6-2-3-7-13)18-9-10-20-14-8-4-5-12(16)11-14/h2-5,8,11,13H,6-7,9-10H2,1H3,(H2,17,18,19). The molecule has 0 aliphatic heterocycles. The molecule has 0 bridgehead atoms. The van der Waals surface area contributed by atoms with Crippen molar-refractivity contribution in [2.24, 2.45) is 4.99 Å². The summed E-state index contributed by atoms with van der Waals surface area (Å²) < 4.78 is 5.61. The molecule has 2 rings (SSSR count). The molecule has 0 amide bonds. The number of nitrogens with one attached hydrogen (secondary N) is 2. The molecule has 0 radical (unpaired) electrons. The number of halogens is 1. The van der Waals surface area contributed by atoms with Gasteiger partial charge >= 0.3 is 0 Å². The maximum atomic E-state index is 5.90. The predicted molar refractivity (Wildman–Crippen MR) is 83.6 cm³/mol. The van der Waals surface area contributed by atoms with E-state index < -0.39 is 0 Å². The van der Waals surface area contributed by atoms with E-state index in [2.05, 4.69) is 27.8 Å². The molecule has 0 atom stereocenters. The van der Waals surface area contributed by atoms with Gasteiger partial charge in [-0.3, -0.25) is 4.99 Å². The zero-order valence-corrected chi connectivity index (χ0v) is 12.4. The summed E-state index contributed by atoms with van der Waals surface area (Å²) in [5.41, 5.74) is 0. The first-order valence-corrected chi connectivity index (χ1v) is 7.16. The monoisotopic (exact) mass is 293 g/mol. The zero-order chi connectivity index (χ0) is 14.2. The molecule has 20 heavy (non-hydrogen) atoms. The maximum absolute atomic E-state index is 5.90. The number of hydrogen-bond acceptors (Lipinski definition) is 2. The van der Waals surface area contributed by atoms with E-state index in [4.69, 9.17) is 16.3 Å². The van der Waals surface area contributed by atoms with Crippen molar-refractivity contribution in [3.63, 3.8) is 0 Å². The van der Waals surface area contributed by atoms with Gasteiger partial charge in [0.15, 0.2) is 5.96 Å². The lowest BCUT2D eigenvalue weighted by Crippen LogP contribution is -2.43. The lowest BCUT2D eigenvalue weighted by atomic mass is 10.2. The van der Waals surface area contributed by atoms with Crippen LogP contribution < -0.4 is 15.4 Å². The highest BCUT2D eigenvalue weighted by Crippen LogP contribution is 2.16. The third-order valence-electron chi connectivity index (χ3n) is 3.03. The number of rotatable bonds is 5. The van der Waals surface area contributed by atoms with E-state index in [1.54, 1.807) is 13.1 Å². The van der Waals surface area contributed by atoms with Gasteiger partial charge in [0.05, 0.1) is 6.54 Å². The Morgan fingerprint density at radius 2 is 2.20 bits per heavy atom. The van der Waals surface area contributed by atoms with E-state index in [9.17, 15) is 0 Å². The number of nitrogens with zero attached hydrogens (tertiary/aromatic N) is 1. The summed E-state index contributed by atoms with van der Waals surface area (Å²) in [5, 5.41) is 7.29. The van der Waals surface area contributed by atoms with Crippen molar-refractivity contribution in [3.8, 4) is 5.75 Å². The third-order valence-corrected chi connectivity index (χ3v) is 3.27. The Hall–Kier alpha value is -1.68. The summed E-state index contributed by atoms with van der Waals surface area (Å²) in [6.07, 6.45) is 6.49. The molecule has 4 nitrogen and oxygen atoms in total. The van der Waals surface area contributed by atoms with E-state index in [0.717, 1.165) is 24.6 Å². The fourth-order valence-corrected chi connectivity index (χ4v) is 2.20. The largest absolute Gasteiger partial charge is 0.492 e. The molecule has 1 aliphatic carbocycles. The van der Waals surface area contributed by atoms with Crippen molar-refractivity contribution >= 4 is 17.6 Å².